The van der Waals surface area contributed by atoms with E-state index in [1.165, 1.54) is 6.07 Å². The van der Waals surface area contributed by atoms with Crippen LogP contribution >= 0.6 is 0 Å². The van der Waals surface area contributed by atoms with Gasteiger partial charge >= 0.3 is 6.18 Å². The Morgan fingerprint density at radius 2 is 1.95 bits per heavy atom. The summed E-state index contributed by atoms with van der Waals surface area (Å²) < 4.78 is 57.4. The third-order valence-electron chi connectivity index (χ3n) is 4.14. The number of benzene rings is 1. The summed E-state index contributed by atoms with van der Waals surface area (Å²) in [6.45, 7) is 1.06. The number of rotatable bonds is 1. The number of hydrogen-bond donors (Lipinski definition) is 0. The largest absolute Gasteiger partial charge is 0.416 e. The van der Waals surface area contributed by atoms with Crippen LogP contribution in [-0.2, 0) is 10.9 Å². The van der Waals surface area contributed by atoms with E-state index >= 15 is 0 Å². The first-order valence-electron chi connectivity index (χ1n) is 6.73. The fraction of sp³-hybridized carbons (Fsp3) is 0.467. The van der Waals surface area contributed by atoms with Gasteiger partial charge in [-0.1, -0.05) is 6.08 Å². The molecule has 3 rings (SSSR count). The fourth-order valence-corrected chi connectivity index (χ4v) is 2.91. The summed E-state index contributed by atoms with van der Waals surface area (Å²) in [5.74, 6) is -0.860. The van der Waals surface area contributed by atoms with Crippen molar-refractivity contribution in [2.24, 2.45) is 0 Å². The molecule has 1 aromatic rings. The summed E-state index contributed by atoms with van der Waals surface area (Å²) in [5.41, 5.74) is 0.127. The summed E-state index contributed by atoms with van der Waals surface area (Å²) in [5, 5.41) is 0. The van der Waals surface area contributed by atoms with Crippen LogP contribution in [0.1, 0.15) is 17.5 Å². The highest BCUT2D eigenvalue weighted by atomic mass is 19.4. The van der Waals surface area contributed by atoms with Gasteiger partial charge in [-0.3, -0.25) is 4.90 Å². The van der Waals surface area contributed by atoms with E-state index in [-0.39, 0.29) is 12.1 Å². The van der Waals surface area contributed by atoms with E-state index in [1.54, 1.807) is 0 Å². The van der Waals surface area contributed by atoms with Crippen molar-refractivity contribution >= 4 is 5.57 Å². The minimum atomic E-state index is -4.54. The van der Waals surface area contributed by atoms with Crippen LogP contribution in [0.15, 0.2) is 24.3 Å². The molecule has 2 atom stereocenters. The monoisotopic (exact) mass is 301 g/mol. The van der Waals surface area contributed by atoms with Gasteiger partial charge in [-0.25, -0.2) is 4.39 Å². The quantitative estimate of drug-likeness (QED) is 0.738. The highest BCUT2D eigenvalue weighted by Crippen LogP contribution is 2.35. The summed E-state index contributed by atoms with van der Waals surface area (Å²) in [6, 6.07) is 2.88. The molecular formula is C15H15F4NO. The molecule has 2 heterocycles. The lowest BCUT2D eigenvalue weighted by atomic mass is 9.89. The number of alkyl halides is 3. The van der Waals surface area contributed by atoms with Gasteiger partial charge in [0.05, 0.1) is 24.8 Å². The molecule has 6 heteroatoms. The van der Waals surface area contributed by atoms with E-state index in [9.17, 15) is 17.6 Å². The van der Waals surface area contributed by atoms with Crippen LogP contribution in [0.4, 0.5) is 17.6 Å². The Morgan fingerprint density at radius 3 is 2.62 bits per heavy atom. The summed E-state index contributed by atoms with van der Waals surface area (Å²) >= 11 is 0. The molecule has 0 radical (unpaired) electrons. The van der Waals surface area contributed by atoms with Crippen LogP contribution in [0.2, 0.25) is 0 Å². The van der Waals surface area contributed by atoms with Crippen molar-refractivity contribution in [3.63, 3.8) is 0 Å². The first-order chi connectivity index (χ1) is 9.84. The minimum absolute atomic E-state index is 0.0325. The molecule has 1 saturated heterocycles. The van der Waals surface area contributed by atoms with Crippen LogP contribution < -0.4 is 0 Å². The van der Waals surface area contributed by atoms with E-state index in [4.69, 9.17) is 4.74 Å². The van der Waals surface area contributed by atoms with Gasteiger partial charge in [0, 0.05) is 6.04 Å². The van der Waals surface area contributed by atoms with Gasteiger partial charge in [-0.05, 0) is 42.8 Å². The minimum Gasteiger partial charge on any atom is -0.378 e. The number of halogens is 4. The Balaban J connectivity index is 1.99. The molecule has 21 heavy (non-hydrogen) atoms. The molecule has 114 valence electrons. The van der Waals surface area contributed by atoms with E-state index in [2.05, 4.69) is 4.90 Å². The zero-order chi connectivity index (χ0) is 15.2. The maximum absolute atomic E-state index is 13.5. The third-order valence-corrected chi connectivity index (χ3v) is 4.14. The fourth-order valence-electron chi connectivity index (χ4n) is 2.91. The zero-order valence-electron chi connectivity index (χ0n) is 11.5. The smallest absolute Gasteiger partial charge is 0.378 e. The molecular weight excluding hydrogens is 286 g/mol. The molecule has 1 aromatic carbocycles. The molecule has 2 unspecified atom stereocenters. The highest BCUT2D eigenvalue weighted by molar-refractivity contribution is 5.68. The maximum atomic E-state index is 13.5. The standard InChI is InChI=1S/C15H15F4NO/c1-20-13-4-10(5-14(20)8-21-7-13)9-2-11(15(17,18)19)6-12(16)3-9/h2-4,6,13-14H,5,7-8H2,1H3. The van der Waals surface area contributed by atoms with Gasteiger partial charge in [-0.15, -0.1) is 0 Å². The number of ether oxygens (including phenoxy) is 1. The van der Waals surface area contributed by atoms with E-state index < -0.39 is 17.6 Å². The second-order valence-electron chi connectivity index (χ2n) is 5.55. The van der Waals surface area contributed by atoms with Gasteiger partial charge in [-0.2, -0.15) is 13.2 Å². The predicted octanol–water partition coefficient (Wildman–Crippen LogP) is 3.33. The Kier molecular flexibility index (Phi) is 3.53. The molecule has 0 spiro atoms. The maximum Gasteiger partial charge on any atom is 0.416 e. The molecule has 0 amide bonds. The normalized spacial score (nSPS) is 26.6. The lowest BCUT2D eigenvalue weighted by molar-refractivity contribution is -0.137. The lowest BCUT2D eigenvalue weighted by Crippen LogP contribution is -2.51. The van der Waals surface area contributed by atoms with Gasteiger partial charge in [0.1, 0.15) is 5.82 Å². The summed E-state index contributed by atoms with van der Waals surface area (Å²) in [6.07, 6.45) is -2.10. The first kappa shape index (κ1) is 14.5. The molecule has 2 aliphatic heterocycles. The predicted molar refractivity (Wildman–Crippen MR) is 70.2 cm³/mol. The average Bonchev–Trinajstić information content (AvgIpc) is 2.36. The number of fused-ring (bicyclic) bond motifs is 2. The van der Waals surface area contributed by atoms with Gasteiger partial charge in [0.15, 0.2) is 0 Å². The summed E-state index contributed by atoms with van der Waals surface area (Å²) in [7, 11) is 1.97. The van der Waals surface area contributed by atoms with E-state index in [0.29, 0.717) is 31.3 Å². The van der Waals surface area contributed by atoms with Crippen molar-refractivity contribution in [2.45, 2.75) is 24.7 Å². The van der Waals surface area contributed by atoms with Crippen molar-refractivity contribution in [1.29, 1.82) is 0 Å². The van der Waals surface area contributed by atoms with Crippen LogP contribution in [0.25, 0.3) is 5.57 Å². The molecule has 0 aromatic heterocycles. The van der Waals surface area contributed by atoms with Crippen LogP contribution in [0.5, 0.6) is 0 Å². The Morgan fingerprint density at radius 1 is 1.19 bits per heavy atom. The highest BCUT2D eigenvalue weighted by Gasteiger charge is 2.34. The average molecular weight is 301 g/mol. The number of hydrogen-bond acceptors (Lipinski definition) is 2. The van der Waals surface area contributed by atoms with Crippen molar-refractivity contribution in [3.05, 3.63) is 41.2 Å². The zero-order valence-corrected chi connectivity index (χ0v) is 11.5. The molecule has 0 aliphatic carbocycles. The van der Waals surface area contributed by atoms with Gasteiger partial charge < -0.3 is 4.74 Å². The Hall–Kier alpha value is -1.40. The molecule has 1 fully saturated rings. The van der Waals surface area contributed by atoms with Gasteiger partial charge in [0.2, 0.25) is 0 Å². The lowest BCUT2D eigenvalue weighted by Gasteiger charge is -2.42. The number of likely N-dealkylation sites (N-methyl/N-ethyl adjacent to an activating group) is 1. The SMILES string of the molecule is CN1C2C=C(c3cc(F)cc(C(F)(F)F)c3)CC1COC2. The van der Waals surface area contributed by atoms with E-state index in [1.807, 2.05) is 13.1 Å². The van der Waals surface area contributed by atoms with Crippen molar-refractivity contribution in [1.82, 2.24) is 4.90 Å². The second kappa shape index (κ2) is 5.10. The van der Waals surface area contributed by atoms with Crippen LogP contribution in [0, 0.1) is 5.82 Å². The van der Waals surface area contributed by atoms with E-state index in [0.717, 1.165) is 11.6 Å². The Bertz CT molecular complexity index is 582. The van der Waals surface area contributed by atoms with Gasteiger partial charge in [0.25, 0.3) is 0 Å². The van der Waals surface area contributed by atoms with Crippen molar-refractivity contribution in [2.75, 3.05) is 20.3 Å². The third kappa shape index (κ3) is 2.82. The topological polar surface area (TPSA) is 12.5 Å². The van der Waals surface area contributed by atoms with Crippen molar-refractivity contribution in [3.8, 4) is 0 Å². The molecule has 0 saturated carbocycles. The second-order valence-corrected chi connectivity index (χ2v) is 5.55. The van der Waals surface area contributed by atoms with Crippen LogP contribution in [0.3, 0.4) is 0 Å². The molecule has 2 bridgehead atoms. The number of morpholine rings is 1. The molecule has 2 aliphatic rings. The van der Waals surface area contributed by atoms with Crippen molar-refractivity contribution < 1.29 is 22.3 Å². The van der Waals surface area contributed by atoms with Crippen LogP contribution in [-0.4, -0.2) is 37.2 Å². The first-order valence-corrected chi connectivity index (χ1v) is 6.73. The molecule has 2 nitrogen and oxygen atoms in total. The summed E-state index contributed by atoms with van der Waals surface area (Å²) in [4.78, 5) is 2.15. The number of nitrogens with zero attached hydrogens (tertiary/aromatic N) is 1. The Labute approximate surface area is 120 Å². The molecule has 0 N–H and O–H groups in total.